The fourth-order valence-corrected chi connectivity index (χ4v) is 3.10. The zero-order valence-electron chi connectivity index (χ0n) is 18.5. The Kier molecular flexibility index (Phi) is 7.28. The van der Waals surface area contributed by atoms with Gasteiger partial charge in [-0.05, 0) is 25.7 Å². The molecule has 5 nitrogen and oxygen atoms in total. The van der Waals surface area contributed by atoms with Crippen LogP contribution < -0.4 is 4.90 Å². The first-order valence-electron chi connectivity index (χ1n) is 10.2. The number of nitrogens with zero attached hydrogens (tertiary/aromatic N) is 3. The number of hydrogen-bond acceptors (Lipinski definition) is 4. The Morgan fingerprint density at radius 3 is 2.36 bits per heavy atom. The number of rotatable bonds is 8. The van der Waals surface area contributed by atoms with Crippen molar-refractivity contribution in [1.82, 2.24) is 10.1 Å². The second-order valence-electron chi connectivity index (χ2n) is 8.94. The number of carbonyl (C=O) groups excluding carboxylic acids is 1. The Hall–Kier alpha value is -2.30. The summed E-state index contributed by atoms with van der Waals surface area (Å²) in [5.41, 5.74) is 2.74. The van der Waals surface area contributed by atoms with Crippen LogP contribution in [-0.4, -0.2) is 35.6 Å². The van der Waals surface area contributed by atoms with Crippen molar-refractivity contribution in [3.63, 3.8) is 0 Å². The van der Waals surface area contributed by atoms with Crippen molar-refractivity contribution >= 4 is 11.8 Å². The van der Waals surface area contributed by atoms with Gasteiger partial charge in [0, 0.05) is 31.6 Å². The molecule has 1 amide bonds. The lowest BCUT2D eigenvalue weighted by atomic mass is 9.91. The highest BCUT2D eigenvalue weighted by Gasteiger charge is 2.27. The lowest BCUT2D eigenvalue weighted by molar-refractivity contribution is -0.133. The van der Waals surface area contributed by atoms with Crippen LogP contribution in [0.5, 0.6) is 0 Å². The van der Waals surface area contributed by atoms with Gasteiger partial charge in [0.25, 0.3) is 0 Å². The van der Waals surface area contributed by atoms with Gasteiger partial charge in [-0.3, -0.25) is 4.79 Å². The maximum Gasteiger partial charge on any atom is 0.232 e. The molecule has 28 heavy (non-hydrogen) atoms. The fourth-order valence-electron chi connectivity index (χ4n) is 3.10. The monoisotopic (exact) mass is 385 g/mol. The molecule has 0 N–H and O–H groups in total. The Morgan fingerprint density at radius 1 is 1.18 bits per heavy atom. The van der Waals surface area contributed by atoms with Crippen molar-refractivity contribution in [1.29, 1.82) is 0 Å². The van der Waals surface area contributed by atoms with E-state index in [1.807, 2.05) is 42.3 Å². The summed E-state index contributed by atoms with van der Waals surface area (Å²) in [4.78, 5) is 17.0. The van der Waals surface area contributed by atoms with Crippen LogP contribution in [0.1, 0.15) is 59.9 Å². The van der Waals surface area contributed by atoms with Crippen molar-refractivity contribution in [2.24, 2.45) is 5.41 Å². The first-order valence-corrected chi connectivity index (χ1v) is 10.2. The average molecular weight is 386 g/mol. The minimum atomic E-state index is -0.0441. The molecule has 0 unspecified atom stereocenters. The summed E-state index contributed by atoms with van der Waals surface area (Å²) in [6, 6.07) is 10.3. The molecule has 0 aliphatic heterocycles. The highest BCUT2D eigenvalue weighted by Crippen LogP contribution is 2.33. The second-order valence-corrected chi connectivity index (χ2v) is 8.94. The third-order valence-corrected chi connectivity index (χ3v) is 4.79. The molecule has 2 rings (SSSR count). The van der Waals surface area contributed by atoms with Gasteiger partial charge < -0.3 is 14.3 Å². The number of benzene rings is 1. The number of aromatic nitrogens is 1. The van der Waals surface area contributed by atoms with E-state index in [4.69, 9.17) is 4.52 Å². The van der Waals surface area contributed by atoms with E-state index in [-0.39, 0.29) is 17.4 Å². The van der Waals surface area contributed by atoms with E-state index in [0.29, 0.717) is 13.0 Å². The van der Waals surface area contributed by atoms with E-state index in [1.54, 1.807) is 0 Å². The first-order chi connectivity index (χ1) is 13.1. The van der Waals surface area contributed by atoms with Gasteiger partial charge >= 0.3 is 0 Å². The predicted molar refractivity (Wildman–Crippen MR) is 115 cm³/mol. The van der Waals surface area contributed by atoms with Crippen LogP contribution in [0.2, 0.25) is 0 Å². The maximum atomic E-state index is 13.0. The van der Waals surface area contributed by atoms with Crippen molar-refractivity contribution in [2.75, 3.05) is 18.5 Å². The third-order valence-electron chi connectivity index (χ3n) is 4.79. The summed E-state index contributed by atoms with van der Waals surface area (Å²) in [5, 5.41) is 4.38. The zero-order chi connectivity index (χ0) is 20.9. The highest BCUT2D eigenvalue weighted by atomic mass is 16.5. The molecular formula is C23H35N3O2. The molecule has 1 aromatic carbocycles. The number of amides is 1. The quantitative estimate of drug-likeness (QED) is 0.614. The molecule has 0 bridgehead atoms. The van der Waals surface area contributed by atoms with Crippen LogP contribution in [0, 0.1) is 5.41 Å². The maximum absolute atomic E-state index is 13.0. The van der Waals surface area contributed by atoms with E-state index in [2.05, 4.69) is 51.6 Å². The van der Waals surface area contributed by atoms with E-state index in [0.717, 1.165) is 35.7 Å². The minimum Gasteiger partial charge on any atom is -0.341 e. The lowest BCUT2D eigenvalue weighted by Gasteiger charge is -2.28. The van der Waals surface area contributed by atoms with Gasteiger partial charge in [-0.2, -0.15) is 0 Å². The minimum absolute atomic E-state index is 0.0441. The fraction of sp³-hybridized carbons (Fsp3) is 0.565. The summed E-state index contributed by atoms with van der Waals surface area (Å²) in [7, 11) is 2.00. The summed E-state index contributed by atoms with van der Waals surface area (Å²) in [6.45, 7) is 13.9. The molecule has 0 spiro atoms. The molecule has 0 aliphatic carbocycles. The van der Waals surface area contributed by atoms with E-state index >= 15 is 0 Å². The summed E-state index contributed by atoms with van der Waals surface area (Å²) in [6.07, 6.45) is 1.44. The SMILES string of the molecule is CCCN(Cc1c(-c2ccccc2)noc1N(C)C(C)C)C(=O)CC(C)(C)C. The molecule has 1 aromatic heterocycles. The zero-order valence-corrected chi connectivity index (χ0v) is 18.5. The molecular weight excluding hydrogens is 350 g/mol. The third kappa shape index (κ3) is 5.60. The van der Waals surface area contributed by atoms with E-state index < -0.39 is 0 Å². The van der Waals surface area contributed by atoms with Crippen LogP contribution in [0.15, 0.2) is 34.9 Å². The number of carbonyl (C=O) groups is 1. The molecule has 0 fully saturated rings. The van der Waals surface area contributed by atoms with Crippen LogP contribution in [0.4, 0.5) is 5.88 Å². The summed E-state index contributed by atoms with van der Waals surface area (Å²) < 4.78 is 5.77. The molecule has 0 saturated carbocycles. The smallest absolute Gasteiger partial charge is 0.232 e. The van der Waals surface area contributed by atoms with E-state index in [1.165, 1.54) is 0 Å². The standard InChI is InChI=1S/C23H35N3O2/c1-8-14-26(20(27)15-23(4,5)6)16-19-21(18-12-10-9-11-13-18)24-28-22(19)25(7)17(2)3/h9-13,17H,8,14-16H2,1-7H3. The van der Waals surface area contributed by atoms with E-state index in [9.17, 15) is 4.79 Å². The lowest BCUT2D eigenvalue weighted by Crippen LogP contribution is -2.34. The van der Waals surface area contributed by atoms with Crippen LogP contribution in [0.25, 0.3) is 11.3 Å². The molecule has 0 radical (unpaired) electrons. The highest BCUT2D eigenvalue weighted by molar-refractivity contribution is 5.78. The Morgan fingerprint density at radius 2 is 1.82 bits per heavy atom. The van der Waals surface area contributed by atoms with Crippen molar-refractivity contribution < 1.29 is 9.32 Å². The topological polar surface area (TPSA) is 49.6 Å². The van der Waals surface area contributed by atoms with Crippen LogP contribution >= 0.6 is 0 Å². The van der Waals surface area contributed by atoms with Gasteiger partial charge in [0.2, 0.25) is 11.8 Å². The van der Waals surface area contributed by atoms with Gasteiger partial charge in [-0.25, -0.2) is 0 Å². The predicted octanol–water partition coefficient (Wildman–Crippen LogP) is 5.36. The Balaban J connectivity index is 2.44. The van der Waals surface area contributed by atoms with Crippen molar-refractivity contribution in [3.8, 4) is 11.3 Å². The first kappa shape index (κ1) is 22.0. The molecule has 0 aliphatic rings. The molecule has 0 atom stereocenters. The van der Waals surface area contributed by atoms with Crippen molar-refractivity contribution in [2.45, 2.75) is 67.0 Å². The molecule has 1 heterocycles. The Labute approximate surface area is 169 Å². The van der Waals surface area contributed by atoms with Gasteiger partial charge in [0.1, 0.15) is 5.69 Å². The average Bonchev–Trinajstić information content (AvgIpc) is 3.03. The van der Waals surface area contributed by atoms with Gasteiger partial charge in [-0.1, -0.05) is 63.2 Å². The summed E-state index contributed by atoms with van der Waals surface area (Å²) in [5.74, 6) is 0.909. The summed E-state index contributed by atoms with van der Waals surface area (Å²) >= 11 is 0. The number of anilines is 1. The van der Waals surface area contributed by atoms with Gasteiger partial charge in [0.15, 0.2) is 0 Å². The second kappa shape index (κ2) is 9.26. The molecule has 2 aromatic rings. The Bertz CT molecular complexity index is 760. The van der Waals surface area contributed by atoms with Gasteiger partial charge in [-0.15, -0.1) is 0 Å². The van der Waals surface area contributed by atoms with Gasteiger partial charge in [0.05, 0.1) is 12.1 Å². The van der Waals surface area contributed by atoms with Crippen LogP contribution in [-0.2, 0) is 11.3 Å². The van der Waals surface area contributed by atoms with Crippen molar-refractivity contribution in [3.05, 3.63) is 35.9 Å². The normalized spacial score (nSPS) is 11.7. The van der Waals surface area contributed by atoms with Crippen LogP contribution in [0.3, 0.4) is 0 Å². The number of hydrogen-bond donors (Lipinski definition) is 0. The molecule has 5 heteroatoms. The molecule has 154 valence electrons. The molecule has 0 saturated heterocycles. The largest absolute Gasteiger partial charge is 0.341 e.